The van der Waals surface area contributed by atoms with Crippen LogP contribution in [-0.2, 0) is 19.0 Å². The maximum absolute atomic E-state index is 11.7. The van der Waals surface area contributed by atoms with E-state index >= 15 is 0 Å². The first-order chi connectivity index (χ1) is 7.30. The van der Waals surface area contributed by atoms with Gasteiger partial charge in [0.1, 0.15) is 12.2 Å². The second kappa shape index (κ2) is 3.44. The van der Waals surface area contributed by atoms with Crippen LogP contribution in [0.15, 0.2) is 0 Å². The Hall–Kier alpha value is -0.610. The molecule has 92 valence electrons. The zero-order chi connectivity index (χ0) is 12.1. The molecule has 2 heterocycles. The highest BCUT2D eigenvalue weighted by Gasteiger charge is 2.61. The van der Waals surface area contributed by atoms with Gasteiger partial charge in [0.15, 0.2) is 11.4 Å². The Morgan fingerprint density at radius 1 is 1.25 bits per heavy atom. The molecule has 0 saturated carbocycles. The van der Waals surface area contributed by atoms with Crippen molar-refractivity contribution in [1.82, 2.24) is 0 Å². The second-order valence-electron chi connectivity index (χ2n) is 5.35. The van der Waals surface area contributed by atoms with E-state index in [0.29, 0.717) is 0 Å². The Morgan fingerprint density at radius 3 is 2.44 bits per heavy atom. The molecule has 2 fully saturated rings. The molecule has 2 aliphatic rings. The summed E-state index contributed by atoms with van der Waals surface area (Å²) in [6.07, 6.45) is 0.489. The van der Waals surface area contributed by atoms with Gasteiger partial charge >= 0.3 is 5.97 Å². The van der Waals surface area contributed by atoms with E-state index in [1.165, 1.54) is 0 Å². The van der Waals surface area contributed by atoms with Gasteiger partial charge in [-0.1, -0.05) is 6.92 Å². The molecule has 4 nitrogen and oxygen atoms in total. The molecule has 0 N–H and O–H groups in total. The van der Waals surface area contributed by atoms with E-state index in [1.54, 1.807) is 0 Å². The molecule has 0 bridgehead atoms. The minimum atomic E-state index is -0.646. The quantitative estimate of drug-likeness (QED) is 0.643. The Kier molecular flexibility index (Phi) is 2.55. The molecule has 2 aliphatic heterocycles. The van der Waals surface area contributed by atoms with Crippen LogP contribution in [0.3, 0.4) is 0 Å². The van der Waals surface area contributed by atoms with Crippen molar-refractivity contribution in [1.29, 1.82) is 0 Å². The van der Waals surface area contributed by atoms with Crippen LogP contribution >= 0.6 is 0 Å². The van der Waals surface area contributed by atoms with Gasteiger partial charge in [-0.15, -0.1) is 0 Å². The lowest BCUT2D eigenvalue weighted by atomic mass is 9.85. The van der Waals surface area contributed by atoms with E-state index in [2.05, 4.69) is 0 Å². The molecule has 0 aromatic heterocycles. The molecule has 0 aliphatic carbocycles. The standard InChI is InChI=1S/C12H20O4/c1-6-8-12(5)9(7(2)10(13)16-12)15-11(3,4)14-8/h7-9H,6H2,1-5H3/t7?,8-,9-,12-/m1/s1. The summed E-state index contributed by atoms with van der Waals surface area (Å²) in [7, 11) is 0. The first-order valence-electron chi connectivity index (χ1n) is 5.88. The second-order valence-corrected chi connectivity index (χ2v) is 5.35. The van der Waals surface area contributed by atoms with Gasteiger partial charge in [0.05, 0.1) is 5.92 Å². The normalized spacial score (nSPS) is 46.3. The third-order valence-corrected chi connectivity index (χ3v) is 3.56. The summed E-state index contributed by atoms with van der Waals surface area (Å²) in [5.41, 5.74) is -0.638. The fourth-order valence-corrected chi connectivity index (χ4v) is 2.74. The molecule has 0 aromatic rings. The molecule has 0 radical (unpaired) electrons. The lowest BCUT2D eigenvalue weighted by Crippen LogP contribution is -2.60. The summed E-state index contributed by atoms with van der Waals surface area (Å²) in [6, 6.07) is 0. The Balaban J connectivity index is 2.34. The van der Waals surface area contributed by atoms with Crippen LogP contribution < -0.4 is 0 Å². The van der Waals surface area contributed by atoms with Crippen LogP contribution in [0.1, 0.15) is 41.0 Å². The largest absolute Gasteiger partial charge is 0.453 e. The SMILES string of the molecule is CC[C@H]1OC(C)(C)O[C@@H]2C(C)C(=O)O[C@@]21C. The summed E-state index contributed by atoms with van der Waals surface area (Å²) in [5.74, 6) is -1.05. The van der Waals surface area contributed by atoms with E-state index in [1.807, 2.05) is 34.6 Å². The van der Waals surface area contributed by atoms with Crippen molar-refractivity contribution in [2.45, 2.75) is 64.6 Å². The zero-order valence-electron chi connectivity index (χ0n) is 10.6. The fraction of sp³-hybridized carbons (Fsp3) is 0.917. The van der Waals surface area contributed by atoms with Crippen molar-refractivity contribution < 1.29 is 19.0 Å². The number of hydrogen-bond acceptors (Lipinski definition) is 4. The average Bonchev–Trinajstić information content (AvgIpc) is 2.39. The number of fused-ring (bicyclic) bond motifs is 1. The van der Waals surface area contributed by atoms with Gasteiger partial charge in [-0.3, -0.25) is 4.79 Å². The molecule has 2 saturated heterocycles. The molecule has 0 aromatic carbocycles. The van der Waals surface area contributed by atoms with Crippen molar-refractivity contribution >= 4 is 5.97 Å². The van der Waals surface area contributed by atoms with Crippen LogP contribution in [0.25, 0.3) is 0 Å². The first kappa shape index (κ1) is 11.9. The lowest BCUT2D eigenvalue weighted by molar-refractivity contribution is -0.349. The van der Waals surface area contributed by atoms with Gasteiger partial charge in [-0.2, -0.15) is 0 Å². The van der Waals surface area contributed by atoms with Gasteiger partial charge in [0, 0.05) is 0 Å². The number of rotatable bonds is 1. The Labute approximate surface area is 96.2 Å². The molecule has 4 heteroatoms. The number of hydrogen-bond donors (Lipinski definition) is 0. The fourth-order valence-electron chi connectivity index (χ4n) is 2.74. The van der Waals surface area contributed by atoms with Crippen LogP contribution in [0.4, 0.5) is 0 Å². The number of ether oxygens (including phenoxy) is 3. The molecular weight excluding hydrogens is 208 g/mol. The van der Waals surface area contributed by atoms with Crippen LogP contribution in [0, 0.1) is 5.92 Å². The molecule has 0 amide bonds. The third kappa shape index (κ3) is 1.55. The zero-order valence-corrected chi connectivity index (χ0v) is 10.6. The van der Waals surface area contributed by atoms with Crippen molar-refractivity contribution in [3.63, 3.8) is 0 Å². The minimum absolute atomic E-state index is 0.102. The van der Waals surface area contributed by atoms with Crippen LogP contribution in [0.5, 0.6) is 0 Å². The average molecular weight is 228 g/mol. The van der Waals surface area contributed by atoms with Crippen LogP contribution in [-0.4, -0.2) is 29.6 Å². The highest BCUT2D eigenvalue weighted by molar-refractivity contribution is 5.76. The summed E-state index contributed by atoms with van der Waals surface area (Å²) in [6.45, 7) is 9.55. The topological polar surface area (TPSA) is 44.8 Å². The summed E-state index contributed by atoms with van der Waals surface area (Å²) < 4.78 is 17.2. The molecular formula is C12H20O4. The van der Waals surface area contributed by atoms with E-state index < -0.39 is 11.4 Å². The van der Waals surface area contributed by atoms with Crippen molar-refractivity contribution in [2.75, 3.05) is 0 Å². The predicted octanol–water partition coefficient (Wildman–Crippen LogP) is 1.87. The van der Waals surface area contributed by atoms with E-state index in [-0.39, 0.29) is 24.1 Å². The third-order valence-electron chi connectivity index (χ3n) is 3.56. The van der Waals surface area contributed by atoms with Crippen molar-refractivity contribution in [3.8, 4) is 0 Å². The summed E-state index contributed by atoms with van der Waals surface area (Å²) >= 11 is 0. The van der Waals surface area contributed by atoms with Gasteiger partial charge in [-0.05, 0) is 34.1 Å². The minimum Gasteiger partial charge on any atom is -0.453 e. The van der Waals surface area contributed by atoms with E-state index in [4.69, 9.17) is 14.2 Å². The summed E-state index contributed by atoms with van der Waals surface area (Å²) in [4.78, 5) is 11.7. The number of carbonyl (C=O) groups excluding carboxylic acids is 1. The van der Waals surface area contributed by atoms with Gasteiger partial charge in [-0.25, -0.2) is 0 Å². The van der Waals surface area contributed by atoms with Crippen molar-refractivity contribution in [3.05, 3.63) is 0 Å². The smallest absolute Gasteiger partial charge is 0.312 e. The van der Waals surface area contributed by atoms with E-state index in [0.717, 1.165) is 6.42 Å². The highest BCUT2D eigenvalue weighted by atomic mass is 16.7. The molecule has 1 unspecified atom stereocenters. The lowest BCUT2D eigenvalue weighted by Gasteiger charge is -2.48. The summed E-state index contributed by atoms with van der Waals surface area (Å²) in [5, 5.41) is 0. The number of carbonyl (C=O) groups is 1. The highest BCUT2D eigenvalue weighted by Crippen LogP contribution is 2.45. The molecule has 2 rings (SSSR count). The Bertz CT molecular complexity index is 312. The van der Waals surface area contributed by atoms with Gasteiger partial charge in [0.2, 0.25) is 0 Å². The first-order valence-corrected chi connectivity index (χ1v) is 5.88. The monoisotopic (exact) mass is 228 g/mol. The maximum Gasteiger partial charge on any atom is 0.312 e. The Morgan fingerprint density at radius 2 is 1.88 bits per heavy atom. The molecule has 0 spiro atoms. The predicted molar refractivity (Wildman–Crippen MR) is 57.8 cm³/mol. The van der Waals surface area contributed by atoms with Gasteiger partial charge < -0.3 is 14.2 Å². The van der Waals surface area contributed by atoms with Crippen LogP contribution in [0.2, 0.25) is 0 Å². The van der Waals surface area contributed by atoms with E-state index in [9.17, 15) is 4.79 Å². The van der Waals surface area contributed by atoms with Crippen molar-refractivity contribution in [2.24, 2.45) is 5.92 Å². The maximum atomic E-state index is 11.7. The number of esters is 1. The van der Waals surface area contributed by atoms with Gasteiger partial charge in [0.25, 0.3) is 0 Å². The molecule has 4 atom stereocenters. The molecule has 16 heavy (non-hydrogen) atoms.